The number of nitrogen functional groups attached to an aromatic ring is 1. The fourth-order valence-electron chi connectivity index (χ4n) is 3.49. The Morgan fingerprint density at radius 3 is 2.44 bits per heavy atom. The van der Waals surface area contributed by atoms with Crippen LogP contribution in [0.3, 0.4) is 0 Å². The molecule has 2 aliphatic carbocycles. The van der Waals surface area contributed by atoms with E-state index in [9.17, 15) is 8.78 Å². The number of halogens is 2. The highest BCUT2D eigenvalue weighted by atomic mass is 32.2. The Balaban J connectivity index is 1.67. The van der Waals surface area contributed by atoms with Crippen LogP contribution >= 0.6 is 11.8 Å². The first-order valence-electron chi connectivity index (χ1n) is 6.51. The molecule has 2 bridgehead atoms. The summed E-state index contributed by atoms with van der Waals surface area (Å²) in [6.07, 6.45) is 5.24. The minimum atomic E-state index is -0.527. The number of rotatable bonds is 3. The summed E-state index contributed by atoms with van der Waals surface area (Å²) in [5.41, 5.74) is 5.55. The molecule has 4 heteroatoms. The Morgan fingerprint density at radius 1 is 1.17 bits per heavy atom. The molecule has 2 fully saturated rings. The van der Waals surface area contributed by atoms with E-state index in [1.807, 2.05) is 0 Å². The zero-order valence-corrected chi connectivity index (χ0v) is 11.0. The molecule has 3 unspecified atom stereocenters. The van der Waals surface area contributed by atoms with E-state index >= 15 is 0 Å². The molecule has 0 aromatic heterocycles. The third-order valence-corrected chi connectivity index (χ3v) is 5.62. The van der Waals surface area contributed by atoms with E-state index < -0.39 is 11.6 Å². The Labute approximate surface area is 110 Å². The van der Waals surface area contributed by atoms with Gasteiger partial charge in [-0.05, 0) is 49.1 Å². The van der Waals surface area contributed by atoms with Gasteiger partial charge >= 0.3 is 0 Å². The molecule has 1 aromatic carbocycles. The van der Waals surface area contributed by atoms with Crippen LogP contribution in [0, 0.1) is 29.4 Å². The molecule has 2 saturated carbocycles. The first-order valence-corrected chi connectivity index (χ1v) is 7.49. The molecule has 0 amide bonds. The standard InChI is InChI=1S/C14H17F2NS/c15-12-5-11(17)6-13(16)14(12)18-7-10-4-8-1-2-9(10)3-8/h5-6,8-10H,1-4,7,17H2. The van der Waals surface area contributed by atoms with Crippen molar-refractivity contribution in [3.63, 3.8) is 0 Å². The van der Waals surface area contributed by atoms with Gasteiger partial charge < -0.3 is 5.73 Å². The first-order chi connectivity index (χ1) is 8.63. The van der Waals surface area contributed by atoms with Crippen LogP contribution in [0.5, 0.6) is 0 Å². The number of hydrogen-bond donors (Lipinski definition) is 1. The van der Waals surface area contributed by atoms with Crippen LogP contribution in [0.25, 0.3) is 0 Å². The molecule has 0 saturated heterocycles. The molecule has 98 valence electrons. The van der Waals surface area contributed by atoms with Crippen LogP contribution in [0.4, 0.5) is 14.5 Å². The fraction of sp³-hybridized carbons (Fsp3) is 0.571. The first kappa shape index (κ1) is 12.3. The maximum Gasteiger partial charge on any atom is 0.141 e. The molecular formula is C14H17F2NS. The molecule has 1 nitrogen and oxygen atoms in total. The minimum Gasteiger partial charge on any atom is -0.399 e. The van der Waals surface area contributed by atoms with Gasteiger partial charge in [0, 0.05) is 11.4 Å². The highest BCUT2D eigenvalue weighted by molar-refractivity contribution is 7.99. The molecule has 3 rings (SSSR count). The van der Waals surface area contributed by atoms with Gasteiger partial charge in [0.15, 0.2) is 0 Å². The molecule has 1 aromatic rings. The van der Waals surface area contributed by atoms with E-state index in [0.717, 1.165) is 17.6 Å². The quantitative estimate of drug-likeness (QED) is 0.661. The van der Waals surface area contributed by atoms with Crippen LogP contribution in [0.2, 0.25) is 0 Å². The van der Waals surface area contributed by atoms with Crippen LogP contribution in [-0.2, 0) is 0 Å². The summed E-state index contributed by atoms with van der Waals surface area (Å²) < 4.78 is 27.3. The molecule has 3 atom stereocenters. The summed E-state index contributed by atoms with van der Waals surface area (Å²) in [6.45, 7) is 0. The third-order valence-electron chi connectivity index (χ3n) is 4.35. The summed E-state index contributed by atoms with van der Waals surface area (Å²) >= 11 is 1.31. The second-order valence-electron chi connectivity index (χ2n) is 5.56. The number of anilines is 1. The Morgan fingerprint density at radius 2 is 1.89 bits per heavy atom. The molecule has 18 heavy (non-hydrogen) atoms. The van der Waals surface area contributed by atoms with Crippen molar-refractivity contribution in [2.45, 2.75) is 30.6 Å². The van der Waals surface area contributed by atoms with Gasteiger partial charge in [-0.3, -0.25) is 0 Å². The number of thioether (sulfide) groups is 1. The normalized spacial score (nSPS) is 30.0. The van der Waals surface area contributed by atoms with Crippen LogP contribution in [-0.4, -0.2) is 5.75 Å². The molecule has 0 heterocycles. The van der Waals surface area contributed by atoms with Crippen LogP contribution in [0.15, 0.2) is 17.0 Å². The third kappa shape index (κ3) is 2.22. The van der Waals surface area contributed by atoms with E-state index in [0.29, 0.717) is 5.92 Å². The van der Waals surface area contributed by atoms with Gasteiger partial charge in [0.05, 0.1) is 4.90 Å². The molecule has 2 N–H and O–H groups in total. The van der Waals surface area contributed by atoms with Crippen molar-refractivity contribution < 1.29 is 8.78 Å². The van der Waals surface area contributed by atoms with Crippen LogP contribution in [0.1, 0.15) is 25.7 Å². The summed E-state index contributed by atoms with van der Waals surface area (Å²) in [5.74, 6) is 2.09. The SMILES string of the molecule is Nc1cc(F)c(SCC2CC3CCC2C3)c(F)c1. The highest BCUT2D eigenvalue weighted by Gasteiger charge is 2.39. The number of hydrogen-bond acceptors (Lipinski definition) is 2. The van der Waals surface area contributed by atoms with Gasteiger partial charge in [0.2, 0.25) is 0 Å². The van der Waals surface area contributed by atoms with Crippen LogP contribution < -0.4 is 5.73 Å². The maximum atomic E-state index is 13.6. The lowest BCUT2D eigenvalue weighted by Gasteiger charge is -2.21. The van der Waals surface area contributed by atoms with Crippen molar-refractivity contribution in [2.75, 3.05) is 11.5 Å². The molecule has 0 radical (unpaired) electrons. The van der Waals surface area contributed by atoms with E-state index in [2.05, 4.69) is 0 Å². The van der Waals surface area contributed by atoms with Crippen molar-refractivity contribution in [1.29, 1.82) is 0 Å². The van der Waals surface area contributed by atoms with E-state index in [-0.39, 0.29) is 10.6 Å². The maximum absolute atomic E-state index is 13.6. The van der Waals surface area contributed by atoms with E-state index in [1.165, 1.54) is 49.6 Å². The summed E-state index contributed by atoms with van der Waals surface area (Å²) in [6, 6.07) is 2.40. The summed E-state index contributed by atoms with van der Waals surface area (Å²) in [5, 5.41) is 0. The average Bonchev–Trinajstić information content (AvgIpc) is 2.89. The predicted molar refractivity (Wildman–Crippen MR) is 70.4 cm³/mol. The van der Waals surface area contributed by atoms with Crippen molar-refractivity contribution in [2.24, 2.45) is 17.8 Å². The number of nitrogens with two attached hydrogens (primary N) is 1. The second kappa shape index (κ2) is 4.72. The number of benzene rings is 1. The van der Waals surface area contributed by atoms with E-state index in [1.54, 1.807) is 0 Å². The second-order valence-corrected chi connectivity index (χ2v) is 6.59. The molecule has 2 aliphatic rings. The Bertz CT molecular complexity index is 440. The topological polar surface area (TPSA) is 26.0 Å². The Kier molecular flexibility index (Phi) is 3.22. The zero-order chi connectivity index (χ0) is 12.7. The van der Waals surface area contributed by atoms with Gasteiger partial charge in [0.25, 0.3) is 0 Å². The Hall–Kier alpha value is -0.770. The van der Waals surface area contributed by atoms with Gasteiger partial charge in [0.1, 0.15) is 11.6 Å². The summed E-state index contributed by atoms with van der Waals surface area (Å²) in [4.78, 5) is 0.131. The monoisotopic (exact) mass is 269 g/mol. The van der Waals surface area contributed by atoms with Gasteiger partial charge in [-0.2, -0.15) is 0 Å². The fourth-order valence-corrected chi connectivity index (χ4v) is 4.67. The van der Waals surface area contributed by atoms with Gasteiger partial charge in [-0.25, -0.2) is 8.78 Å². The van der Waals surface area contributed by atoms with Crippen molar-refractivity contribution >= 4 is 17.4 Å². The smallest absolute Gasteiger partial charge is 0.141 e. The van der Waals surface area contributed by atoms with Crippen molar-refractivity contribution in [1.82, 2.24) is 0 Å². The summed E-state index contributed by atoms with van der Waals surface area (Å²) in [7, 11) is 0. The molecule has 0 spiro atoms. The number of fused-ring (bicyclic) bond motifs is 2. The largest absolute Gasteiger partial charge is 0.399 e. The lowest BCUT2D eigenvalue weighted by atomic mass is 9.90. The molecule has 0 aliphatic heterocycles. The highest BCUT2D eigenvalue weighted by Crippen LogP contribution is 2.49. The van der Waals surface area contributed by atoms with Gasteiger partial charge in [-0.1, -0.05) is 6.42 Å². The lowest BCUT2D eigenvalue weighted by molar-refractivity contribution is 0.365. The van der Waals surface area contributed by atoms with E-state index in [4.69, 9.17) is 5.73 Å². The van der Waals surface area contributed by atoms with Crippen molar-refractivity contribution in [3.05, 3.63) is 23.8 Å². The molecular weight excluding hydrogens is 252 g/mol. The van der Waals surface area contributed by atoms with Gasteiger partial charge in [-0.15, -0.1) is 11.8 Å². The lowest BCUT2D eigenvalue weighted by Crippen LogP contribution is -2.13. The zero-order valence-electron chi connectivity index (χ0n) is 10.2. The minimum absolute atomic E-state index is 0.131. The predicted octanol–water partition coefficient (Wildman–Crippen LogP) is 4.08. The average molecular weight is 269 g/mol. The van der Waals surface area contributed by atoms with Crippen molar-refractivity contribution in [3.8, 4) is 0 Å².